The van der Waals surface area contributed by atoms with Gasteiger partial charge in [0.05, 0.1) is 11.1 Å². The predicted octanol–water partition coefficient (Wildman–Crippen LogP) is 2.86. The molecule has 6 nitrogen and oxygen atoms in total. The smallest absolute Gasteiger partial charge is 0.310 e. The molecule has 0 saturated heterocycles. The van der Waals surface area contributed by atoms with Gasteiger partial charge < -0.3 is 14.8 Å². The van der Waals surface area contributed by atoms with Crippen LogP contribution in [-0.2, 0) is 4.79 Å². The van der Waals surface area contributed by atoms with E-state index < -0.39 is 11.4 Å². The minimum Gasteiger partial charge on any atom is -0.481 e. The van der Waals surface area contributed by atoms with Crippen LogP contribution in [-0.4, -0.2) is 28.5 Å². The number of rotatable bonds is 5. The topological polar surface area (TPSA) is 92.4 Å². The molecule has 2 aromatic rings. The largest absolute Gasteiger partial charge is 0.481 e. The van der Waals surface area contributed by atoms with Crippen LogP contribution in [0.15, 0.2) is 16.5 Å². The molecular formula is C15H18N2O4S. The number of aromatic nitrogens is 1. The zero-order valence-corrected chi connectivity index (χ0v) is 13.7. The molecule has 2 N–H and O–H groups in total. The lowest BCUT2D eigenvalue weighted by molar-refractivity contribution is -0.146. The second-order valence-electron chi connectivity index (χ2n) is 5.72. The van der Waals surface area contributed by atoms with E-state index in [-0.39, 0.29) is 12.5 Å². The van der Waals surface area contributed by atoms with Gasteiger partial charge in [-0.2, -0.15) is 0 Å². The van der Waals surface area contributed by atoms with Gasteiger partial charge in [0.25, 0.3) is 5.91 Å². The number of aryl methyl sites for hydroxylation is 2. The van der Waals surface area contributed by atoms with Crippen molar-refractivity contribution in [2.75, 3.05) is 6.54 Å². The van der Waals surface area contributed by atoms with Crippen LogP contribution >= 0.6 is 11.3 Å². The van der Waals surface area contributed by atoms with Gasteiger partial charge in [-0.3, -0.25) is 9.59 Å². The van der Waals surface area contributed by atoms with Crippen molar-refractivity contribution in [2.24, 2.45) is 5.41 Å². The van der Waals surface area contributed by atoms with Crippen LogP contribution in [0.4, 0.5) is 0 Å². The SMILES string of the molecule is Cc1ccc(-c2nc(C)c(C(=O)NCC(C)(C)C(=O)O)s2)o1. The van der Waals surface area contributed by atoms with Gasteiger partial charge in [-0.1, -0.05) is 0 Å². The van der Waals surface area contributed by atoms with Crippen molar-refractivity contribution in [3.05, 3.63) is 28.5 Å². The second-order valence-corrected chi connectivity index (χ2v) is 6.71. The third kappa shape index (κ3) is 3.36. The van der Waals surface area contributed by atoms with Crippen molar-refractivity contribution >= 4 is 23.2 Å². The average Bonchev–Trinajstić information content (AvgIpc) is 3.02. The number of thiazole rings is 1. The van der Waals surface area contributed by atoms with E-state index in [9.17, 15) is 9.59 Å². The van der Waals surface area contributed by atoms with Crippen molar-refractivity contribution in [2.45, 2.75) is 27.7 Å². The first kappa shape index (κ1) is 16.2. The number of carbonyl (C=O) groups is 2. The van der Waals surface area contributed by atoms with E-state index in [4.69, 9.17) is 9.52 Å². The number of carboxylic acids is 1. The Labute approximate surface area is 132 Å². The third-order valence-electron chi connectivity index (χ3n) is 3.22. The van der Waals surface area contributed by atoms with E-state index in [1.165, 1.54) is 11.3 Å². The fourth-order valence-corrected chi connectivity index (χ4v) is 2.66. The van der Waals surface area contributed by atoms with Crippen molar-refractivity contribution in [1.29, 1.82) is 0 Å². The molecule has 0 aliphatic rings. The molecule has 0 spiro atoms. The maximum atomic E-state index is 12.2. The summed E-state index contributed by atoms with van der Waals surface area (Å²) in [5.74, 6) is 0.118. The Morgan fingerprint density at radius 1 is 1.36 bits per heavy atom. The molecule has 0 saturated carbocycles. The molecule has 0 fully saturated rings. The molecule has 0 aliphatic carbocycles. The van der Waals surface area contributed by atoms with E-state index in [0.29, 0.717) is 21.3 Å². The van der Waals surface area contributed by atoms with Crippen molar-refractivity contribution < 1.29 is 19.1 Å². The lowest BCUT2D eigenvalue weighted by atomic mass is 9.94. The number of aliphatic carboxylic acids is 1. The summed E-state index contributed by atoms with van der Waals surface area (Å²) in [5.41, 5.74) is -0.422. The highest BCUT2D eigenvalue weighted by molar-refractivity contribution is 7.17. The number of furan rings is 1. The lowest BCUT2D eigenvalue weighted by Crippen LogP contribution is -2.38. The van der Waals surface area contributed by atoms with Gasteiger partial charge in [-0.25, -0.2) is 4.98 Å². The summed E-state index contributed by atoms with van der Waals surface area (Å²) in [4.78, 5) is 28.1. The first-order valence-corrected chi connectivity index (χ1v) is 7.58. The molecule has 2 aromatic heterocycles. The van der Waals surface area contributed by atoms with E-state index in [1.807, 2.05) is 19.1 Å². The maximum Gasteiger partial charge on any atom is 0.310 e. The molecule has 0 unspecified atom stereocenters. The van der Waals surface area contributed by atoms with Gasteiger partial charge in [0, 0.05) is 6.54 Å². The van der Waals surface area contributed by atoms with Crippen molar-refractivity contribution in [3.8, 4) is 10.8 Å². The van der Waals surface area contributed by atoms with Gasteiger partial charge in [0.2, 0.25) is 0 Å². The van der Waals surface area contributed by atoms with Crippen LogP contribution in [0.3, 0.4) is 0 Å². The number of amides is 1. The third-order valence-corrected chi connectivity index (χ3v) is 4.39. The maximum absolute atomic E-state index is 12.2. The fraction of sp³-hybridized carbons (Fsp3) is 0.400. The number of carboxylic acid groups (broad SMARTS) is 1. The van der Waals surface area contributed by atoms with Gasteiger partial charge in [0.1, 0.15) is 10.6 Å². The highest BCUT2D eigenvalue weighted by Crippen LogP contribution is 2.29. The monoisotopic (exact) mass is 322 g/mol. The lowest BCUT2D eigenvalue weighted by Gasteiger charge is -2.19. The Bertz CT molecular complexity index is 715. The minimum absolute atomic E-state index is 0.0493. The molecule has 22 heavy (non-hydrogen) atoms. The van der Waals surface area contributed by atoms with Crippen molar-refractivity contribution in [3.63, 3.8) is 0 Å². The average molecular weight is 322 g/mol. The summed E-state index contributed by atoms with van der Waals surface area (Å²) in [6.07, 6.45) is 0. The van der Waals surface area contributed by atoms with Crippen molar-refractivity contribution in [1.82, 2.24) is 10.3 Å². The van der Waals surface area contributed by atoms with Crippen LogP contribution in [0, 0.1) is 19.3 Å². The Hall–Kier alpha value is -2.15. The highest BCUT2D eigenvalue weighted by Gasteiger charge is 2.28. The fourth-order valence-electron chi connectivity index (χ4n) is 1.72. The number of hydrogen-bond acceptors (Lipinski definition) is 5. The van der Waals surface area contributed by atoms with E-state index in [1.54, 1.807) is 20.8 Å². The molecule has 1 amide bonds. The minimum atomic E-state index is -1.02. The summed E-state index contributed by atoms with van der Waals surface area (Å²) in [5, 5.41) is 12.3. The second kappa shape index (κ2) is 5.92. The molecule has 0 atom stereocenters. The molecule has 118 valence electrons. The van der Waals surface area contributed by atoms with Crippen LogP contribution < -0.4 is 5.32 Å². The molecular weight excluding hydrogens is 304 g/mol. The standard InChI is InChI=1S/C15H18N2O4S/c1-8-5-6-10(21-8)13-17-9(2)11(22-13)12(18)16-7-15(3,4)14(19)20/h5-6H,7H2,1-4H3,(H,16,18)(H,19,20). The number of hydrogen-bond donors (Lipinski definition) is 2. The molecule has 7 heteroatoms. The summed E-state index contributed by atoms with van der Waals surface area (Å²) >= 11 is 1.23. The van der Waals surface area contributed by atoms with Gasteiger partial charge in [0.15, 0.2) is 10.8 Å². The summed E-state index contributed by atoms with van der Waals surface area (Å²) in [7, 11) is 0. The molecule has 2 rings (SSSR count). The molecule has 0 radical (unpaired) electrons. The van der Waals surface area contributed by atoms with E-state index in [0.717, 1.165) is 5.76 Å². The van der Waals surface area contributed by atoms with Crippen LogP contribution in [0.5, 0.6) is 0 Å². The quantitative estimate of drug-likeness (QED) is 0.883. The van der Waals surface area contributed by atoms with Crippen LogP contribution in [0.1, 0.15) is 35.0 Å². The van der Waals surface area contributed by atoms with Gasteiger partial charge in [-0.15, -0.1) is 11.3 Å². The predicted molar refractivity (Wildman–Crippen MR) is 83.0 cm³/mol. The molecule has 2 heterocycles. The number of nitrogens with zero attached hydrogens (tertiary/aromatic N) is 1. The Morgan fingerprint density at radius 3 is 2.59 bits per heavy atom. The molecule has 0 aromatic carbocycles. The molecule has 0 bridgehead atoms. The Morgan fingerprint density at radius 2 is 2.05 bits per heavy atom. The normalized spacial score (nSPS) is 11.5. The molecule has 0 aliphatic heterocycles. The van der Waals surface area contributed by atoms with Crippen LogP contribution in [0.2, 0.25) is 0 Å². The number of nitrogens with one attached hydrogen (secondary N) is 1. The Kier molecular flexibility index (Phi) is 4.37. The zero-order chi connectivity index (χ0) is 16.5. The first-order chi connectivity index (χ1) is 10.2. The van der Waals surface area contributed by atoms with Crippen LogP contribution in [0.25, 0.3) is 10.8 Å². The summed E-state index contributed by atoms with van der Waals surface area (Å²) in [6.45, 7) is 6.75. The summed E-state index contributed by atoms with van der Waals surface area (Å²) < 4.78 is 5.50. The first-order valence-electron chi connectivity index (χ1n) is 6.76. The Balaban J connectivity index is 2.14. The zero-order valence-electron chi connectivity index (χ0n) is 12.9. The highest BCUT2D eigenvalue weighted by atomic mass is 32.1. The van der Waals surface area contributed by atoms with E-state index in [2.05, 4.69) is 10.3 Å². The van der Waals surface area contributed by atoms with Gasteiger partial charge >= 0.3 is 5.97 Å². The van der Waals surface area contributed by atoms with Gasteiger partial charge in [-0.05, 0) is 39.8 Å². The summed E-state index contributed by atoms with van der Waals surface area (Å²) in [6, 6.07) is 3.64. The number of carbonyl (C=O) groups excluding carboxylic acids is 1. The van der Waals surface area contributed by atoms with E-state index >= 15 is 0 Å².